The SMILES string of the molecule is O=C(Nc1ccc(Cl)cc1N1CCN(CCC(F)(F)F)CC1)c1ccc(CNC(=O)c2c[nH]c(=O)[nH]c2=O)c(F)c1F. The predicted molar refractivity (Wildman–Crippen MR) is 144 cm³/mol. The summed E-state index contributed by atoms with van der Waals surface area (Å²) in [6.07, 6.45) is -4.30. The van der Waals surface area contributed by atoms with E-state index < -0.39 is 65.0 Å². The first-order chi connectivity index (χ1) is 19.8. The Labute approximate surface area is 239 Å². The normalized spacial score (nSPS) is 14.1. The van der Waals surface area contributed by atoms with Crippen molar-refractivity contribution in [1.82, 2.24) is 20.2 Å². The number of H-pyrrole nitrogens is 2. The van der Waals surface area contributed by atoms with Crippen molar-refractivity contribution in [1.29, 1.82) is 0 Å². The van der Waals surface area contributed by atoms with Crippen LogP contribution < -0.4 is 26.8 Å². The highest BCUT2D eigenvalue weighted by Crippen LogP contribution is 2.31. The molecular weight excluding hydrogens is 591 g/mol. The van der Waals surface area contributed by atoms with Crippen molar-refractivity contribution in [3.05, 3.63) is 90.7 Å². The van der Waals surface area contributed by atoms with Gasteiger partial charge in [0.25, 0.3) is 17.4 Å². The molecule has 0 spiro atoms. The van der Waals surface area contributed by atoms with Gasteiger partial charge in [0.05, 0.1) is 23.4 Å². The average molecular weight is 615 g/mol. The second-order valence-corrected chi connectivity index (χ2v) is 9.81. The van der Waals surface area contributed by atoms with Gasteiger partial charge in [0.15, 0.2) is 11.6 Å². The van der Waals surface area contributed by atoms with Gasteiger partial charge in [0.1, 0.15) is 5.56 Å². The number of aromatic nitrogens is 2. The standard InChI is InChI=1S/C26H24ClF5N6O4/c27-15-2-4-18(19(11-15)38-9-7-37(8-10-38)6-5-26(30,31)32)35-23(40)16-3-1-14(20(28)21(16)29)12-33-22(39)17-13-34-25(42)36-24(17)41/h1-4,11,13H,5-10,12H2,(H,33,39)(H,35,40)(H2,34,36,41,42). The molecule has 1 aliphatic rings. The molecule has 1 fully saturated rings. The molecule has 3 aromatic rings. The molecular formula is C26H24ClF5N6O4. The number of anilines is 2. The van der Waals surface area contributed by atoms with Gasteiger partial charge in [-0.15, -0.1) is 0 Å². The van der Waals surface area contributed by atoms with Gasteiger partial charge in [-0.05, 0) is 24.3 Å². The number of hydrogen-bond acceptors (Lipinski definition) is 6. The van der Waals surface area contributed by atoms with Crippen molar-refractivity contribution in [3.63, 3.8) is 0 Å². The second-order valence-electron chi connectivity index (χ2n) is 9.38. The van der Waals surface area contributed by atoms with Crippen molar-refractivity contribution in [2.24, 2.45) is 0 Å². The van der Waals surface area contributed by atoms with Gasteiger partial charge in [0.2, 0.25) is 0 Å². The molecule has 0 unspecified atom stereocenters. The van der Waals surface area contributed by atoms with Crippen LogP contribution in [0.15, 0.2) is 46.1 Å². The summed E-state index contributed by atoms with van der Waals surface area (Å²) < 4.78 is 67.4. The van der Waals surface area contributed by atoms with Gasteiger partial charge in [-0.2, -0.15) is 13.2 Å². The minimum absolute atomic E-state index is 0.133. The van der Waals surface area contributed by atoms with Crippen molar-refractivity contribution in [2.75, 3.05) is 42.9 Å². The number of nitrogens with zero attached hydrogens (tertiary/aromatic N) is 2. The van der Waals surface area contributed by atoms with Crippen molar-refractivity contribution in [2.45, 2.75) is 19.1 Å². The molecule has 4 rings (SSSR count). The number of hydrogen-bond donors (Lipinski definition) is 4. The number of piperazine rings is 1. The second kappa shape index (κ2) is 12.7. The number of halogens is 6. The van der Waals surface area contributed by atoms with Crippen LogP contribution in [-0.2, 0) is 6.54 Å². The molecule has 1 aromatic heterocycles. The summed E-state index contributed by atoms with van der Waals surface area (Å²) in [4.78, 5) is 55.5. The molecule has 0 radical (unpaired) electrons. The number of carbonyl (C=O) groups excluding carboxylic acids is 2. The van der Waals surface area contributed by atoms with Gasteiger partial charge in [-0.1, -0.05) is 17.7 Å². The Morgan fingerprint density at radius 3 is 2.33 bits per heavy atom. The quantitative estimate of drug-likeness (QED) is 0.288. The fourth-order valence-electron chi connectivity index (χ4n) is 4.31. The molecule has 1 aliphatic heterocycles. The van der Waals surface area contributed by atoms with Gasteiger partial charge in [-0.25, -0.2) is 13.6 Å². The van der Waals surface area contributed by atoms with E-state index in [-0.39, 0.29) is 17.8 Å². The Hall–Kier alpha value is -4.24. The highest BCUT2D eigenvalue weighted by Gasteiger charge is 2.29. The number of benzene rings is 2. The minimum atomic E-state index is -4.26. The van der Waals surface area contributed by atoms with Crippen LogP contribution in [-0.4, -0.2) is 65.6 Å². The van der Waals surface area contributed by atoms with E-state index in [0.717, 1.165) is 18.3 Å². The number of nitrogens with one attached hydrogen (secondary N) is 4. The molecule has 0 atom stereocenters. The Balaban J connectivity index is 1.44. The highest BCUT2D eigenvalue weighted by molar-refractivity contribution is 6.31. The van der Waals surface area contributed by atoms with E-state index in [9.17, 15) is 41.1 Å². The monoisotopic (exact) mass is 614 g/mol. The first-order valence-electron chi connectivity index (χ1n) is 12.5. The lowest BCUT2D eigenvalue weighted by molar-refractivity contribution is -0.138. The molecule has 0 saturated carbocycles. The third-order valence-corrected chi connectivity index (χ3v) is 6.78. The zero-order valence-corrected chi connectivity index (χ0v) is 22.5. The van der Waals surface area contributed by atoms with Crippen LogP contribution in [0.5, 0.6) is 0 Å². The molecule has 1 saturated heterocycles. The lowest BCUT2D eigenvalue weighted by Crippen LogP contribution is -2.47. The van der Waals surface area contributed by atoms with E-state index in [1.165, 1.54) is 12.1 Å². The first-order valence-corrected chi connectivity index (χ1v) is 12.9. The number of carbonyl (C=O) groups is 2. The number of rotatable bonds is 8. The Morgan fingerprint density at radius 1 is 0.952 bits per heavy atom. The molecule has 4 N–H and O–H groups in total. The molecule has 0 bridgehead atoms. The van der Waals surface area contributed by atoms with Gasteiger partial charge < -0.3 is 20.5 Å². The average Bonchev–Trinajstić information content (AvgIpc) is 2.93. The van der Waals surface area contributed by atoms with E-state index in [0.29, 0.717) is 36.9 Å². The van der Waals surface area contributed by atoms with Gasteiger partial charge >= 0.3 is 11.9 Å². The summed E-state index contributed by atoms with van der Waals surface area (Å²) in [5.41, 5.74) is -2.50. The maximum absolute atomic E-state index is 14.9. The molecule has 2 heterocycles. The summed E-state index contributed by atoms with van der Waals surface area (Å²) in [6.45, 7) is 0.699. The van der Waals surface area contributed by atoms with Crippen molar-refractivity contribution >= 4 is 34.8 Å². The lowest BCUT2D eigenvalue weighted by Gasteiger charge is -2.37. The van der Waals surface area contributed by atoms with Crippen molar-refractivity contribution in [3.8, 4) is 0 Å². The molecule has 42 heavy (non-hydrogen) atoms. The van der Waals surface area contributed by atoms with Crippen LogP contribution in [0.4, 0.5) is 33.3 Å². The molecule has 0 aliphatic carbocycles. The van der Waals surface area contributed by atoms with E-state index in [1.807, 2.05) is 9.88 Å². The molecule has 16 heteroatoms. The van der Waals surface area contributed by atoms with Crippen LogP contribution in [0, 0.1) is 11.6 Å². The Bertz CT molecular complexity index is 1600. The largest absolute Gasteiger partial charge is 0.390 e. The maximum atomic E-state index is 14.9. The van der Waals surface area contributed by atoms with E-state index >= 15 is 0 Å². The predicted octanol–water partition coefficient (Wildman–Crippen LogP) is 3.25. The Morgan fingerprint density at radius 2 is 1.67 bits per heavy atom. The van der Waals surface area contributed by atoms with Crippen LogP contribution in [0.3, 0.4) is 0 Å². The van der Waals surface area contributed by atoms with Crippen LogP contribution in [0.25, 0.3) is 0 Å². The van der Waals surface area contributed by atoms with E-state index in [4.69, 9.17) is 11.6 Å². The maximum Gasteiger partial charge on any atom is 0.390 e. The fraction of sp³-hybridized carbons (Fsp3) is 0.308. The summed E-state index contributed by atoms with van der Waals surface area (Å²) in [6, 6.07) is 6.63. The molecule has 2 aromatic carbocycles. The number of aromatic amines is 2. The molecule has 2 amide bonds. The number of amides is 2. The Kier molecular flexibility index (Phi) is 9.31. The van der Waals surface area contributed by atoms with Crippen molar-refractivity contribution < 1.29 is 31.5 Å². The third kappa shape index (κ3) is 7.53. The fourth-order valence-corrected chi connectivity index (χ4v) is 4.48. The zero-order chi connectivity index (χ0) is 30.6. The van der Waals surface area contributed by atoms with Crippen LogP contribution in [0.1, 0.15) is 32.7 Å². The topological polar surface area (TPSA) is 130 Å². The van der Waals surface area contributed by atoms with E-state index in [2.05, 4.69) is 15.6 Å². The first kappa shape index (κ1) is 30.7. The lowest BCUT2D eigenvalue weighted by atomic mass is 10.1. The van der Waals surface area contributed by atoms with E-state index in [1.54, 1.807) is 11.0 Å². The summed E-state index contributed by atoms with van der Waals surface area (Å²) >= 11 is 6.14. The zero-order valence-electron chi connectivity index (χ0n) is 21.7. The highest BCUT2D eigenvalue weighted by atomic mass is 35.5. The van der Waals surface area contributed by atoms with Crippen LogP contribution in [0.2, 0.25) is 5.02 Å². The molecule has 224 valence electrons. The smallest absolute Gasteiger partial charge is 0.367 e. The summed E-state index contributed by atoms with van der Waals surface area (Å²) in [5, 5.41) is 5.10. The molecule has 10 nitrogen and oxygen atoms in total. The summed E-state index contributed by atoms with van der Waals surface area (Å²) in [5.74, 6) is -4.81. The number of alkyl halides is 3. The van der Waals surface area contributed by atoms with Crippen LogP contribution >= 0.6 is 11.6 Å². The third-order valence-electron chi connectivity index (χ3n) is 6.54. The minimum Gasteiger partial charge on any atom is -0.367 e. The summed E-state index contributed by atoms with van der Waals surface area (Å²) in [7, 11) is 0. The van der Waals surface area contributed by atoms with Gasteiger partial charge in [0, 0.05) is 56.1 Å². The van der Waals surface area contributed by atoms with Gasteiger partial charge in [-0.3, -0.25) is 24.3 Å².